The van der Waals surface area contributed by atoms with Gasteiger partial charge in [-0.05, 0) is 18.9 Å². The zero-order valence-corrected chi connectivity index (χ0v) is 9.33. The molecular weight excluding hydrogens is 236 g/mol. The Morgan fingerprint density at radius 2 is 2.28 bits per heavy atom. The number of carboxylic acid groups (broad SMARTS) is 1. The molecule has 92 valence electrons. The Kier molecular flexibility index (Phi) is 2.26. The molecule has 2 heterocycles. The van der Waals surface area contributed by atoms with Crippen LogP contribution in [0.2, 0.25) is 0 Å². The third-order valence-corrected chi connectivity index (χ3v) is 2.75. The van der Waals surface area contributed by atoms with Crippen molar-refractivity contribution >= 4 is 5.97 Å². The second-order valence-electron chi connectivity index (χ2n) is 4.21. The van der Waals surface area contributed by atoms with Crippen molar-refractivity contribution in [3.05, 3.63) is 40.2 Å². The Hall–Kier alpha value is -2.44. The summed E-state index contributed by atoms with van der Waals surface area (Å²) in [6.07, 6.45) is 3.51. The highest BCUT2D eigenvalue weighted by molar-refractivity contribution is 5.85. The van der Waals surface area contributed by atoms with Gasteiger partial charge in [0.15, 0.2) is 11.5 Å². The van der Waals surface area contributed by atoms with Gasteiger partial charge in [-0.2, -0.15) is 5.10 Å². The number of H-pyrrole nitrogens is 1. The fraction of sp³-hybridized carbons (Fsp3) is 0.273. The summed E-state index contributed by atoms with van der Waals surface area (Å²) in [5.41, 5.74) is -0.334. The number of aromatic amines is 1. The molecule has 0 amide bonds. The van der Waals surface area contributed by atoms with Gasteiger partial charge in [-0.25, -0.2) is 14.5 Å². The van der Waals surface area contributed by atoms with Crippen molar-refractivity contribution < 1.29 is 9.90 Å². The Morgan fingerprint density at radius 3 is 2.89 bits per heavy atom. The number of nitrogens with one attached hydrogen (secondary N) is 1. The topological polar surface area (TPSA) is 101 Å². The molecule has 1 aliphatic rings. The first-order valence-electron chi connectivity index (χ1n) is 5.54. The van der Waals surface area contributed by atoms with Crippen LogP contribution in [-0.4, -0.2) is 30.8 Å². The summed E-state index contributed by atoms with van der Waals surface area (Å²) in [5, 5.41) is 12.6. The summed E-state index contributed by atoms with van der Waals surface area (Å²) in [6.45, 7) is 0. The van der Waals surface area contributed by atoms with Gasteiger partial charge < -0.3 is 10.1 Å². The predicted molar refractivity (Wildman–Crippen MR) is 60.9 cm³/mol. The minimum Gasteiger partial charge on any atom is -0.476 e. The number of hydrogen-bond acceptors (Lipinski definition) is 4. The molecule has 0 atom stereocenters. The average Bonchev–Trinajstić information content (AvgIpc) is 3.05. The summed E-state index contributed by atoms with van der Waals surface area (Å²) in [7, 11) is 0. The van der Waals surface area contributed by atoms with E-state index in [0.29, 0.717) is 17.6 Å². The Morgan fingerprint density at radius 1 is 1.50 bits per heavy atom. The molecule has 1 fully saturated rings. The molecular formula is C11H10N4O3. The van der Waals surface area contributed by atoms with Crippen LogP contribution >= 0.6 is 0 Å². The molecule has 1 saturated carbocycles. The third kappa shape index (κ3) is 1.90. The first kappa shape index (κ1) is 10.7. The van der Waals surface area contributed by atoms with Crippen LogP contribution in [0, 0.1) is 0 Å². The highest BCUT2D eigenvalue weighted by Crippen LogP contribution is 2.37. The van der Waals surface area contributed by atoms with Crippen molar-refractivity contribution in [2.45, 2.75) is 18.8 Å². The van der Waals surface area contributed by atoms with E-state index in [4.69, 9.17) is 5.11 Å². The molecule has 7 heteroatoms. The van der Waals surface area contributed by atoms with Crippen LogP contribution in [0.3, 0.4) is 0 Å². The molecule has 2 aromatic heterocycles. The normalized spacial score (nSPS) is 14.7. The van der Waals surface area contributed by atoms with Crippen LogP contribution < -0.4 is 5.56 Å². The number of nitrogens with zero attached hydrogens (tertiary/aromatic N) is 3. The molecule has 2 N–H and O–H groups in total. The lowest BCUT2D eigenvalue weighted by Gasteiger charge is -2.02. The molecule has 1 aliphatic carbocycles. The standard InChI is InChI=1S/C11H10N4O3/c16-9-5-8(12-10(13-9)6-1-2-6)15-4-3-7(14-15)11(17)18/h3-6H,1-2H2,(H,17,18)(H,12,13,16). The summed E-state index contributed by atoms with van der Waals surface area (Å²) in [6, 6.07) is 2.66. The SMILES string of the molecule is O=C(O)c1ccn(-c2cc(=O)[nH]c(C3CC3)n2)n1. The Balaban J connectivity index is 2.04. The smallest absolute Gasteiger partial charge is 0.356 e. The van der Waals surface area contributed by atoms with Crippen molar-refractivity contribution in [3.63, 3.8) is 0 Å². The van der Waals surface area contributed by atoms with E-state index in [-0.39, 0.29) is 11.3 Å². The molecule has 0 aromatic carbocycles. The van der Waals surface area contributed by atoms with Gasteiger partial charge in [-0.15, -0.1) is 0 Å². The maximum absolute atomic E-state index is 11.5. The minimum absolute atomic E-state index is 0.0787. The summed E-state index contributed by atoms with van der Waals surface area (Å²) < 4.78 is 1.30. The lowest BCUT2D eigenvalue weighted by molar-refractivity contribution is 0.0690. The van der Waals surface area contributed by atoms with E-state index in [9.17, 15) is 9.59 Å². The van der Waals surface area contributed by atoms with E-state index in [1.807, 2.05) is 0 Å². The lowest BCUT2D eigenvalue weighted by Crippen LogP contribution is -2.14. The molecule has 0 saturated heterocycles. The Bertz CT molecular complexity index is 669. The van der Waals surface area contributed by atoms with Crippen LogP contribution in [-0.2, 0) is 0 Å². The molecule has 0 unspecified atom stereocenters. The van der Waals surface area contributed by atoms with E-state index in [2.05, 4.69) is 15.1 Å². The van der Waals surface area contributed by atoms with Crippen molar-refractivity contribution in [2.24, 2.45) is 0 Å². The predicted octanol–water partition coefficient (Wildman–Crippen LogP) is 0.531. The van der Waals surface area contributed by atoms with Crippen LogP contribution in [0.1, 0.15) is 35.1 Å². The van der Waals surface area contributed by atoms with Crippen molar-refractivity contribution in [1.82, 2.24) is 19.7 Å². The largest absolute Gasteiger partial charge is 0.476 e. The van der Waals surface area contributed by atoms with E-state index in [1.54, 1.807) is 0 Å². The molecule has 0 bridgehead atoms. The molecule has 2 aromatic rings. The molecule has 3 rings (SSSR count). The second-order valence-corrected chi connectivity index (χ2v) is 4.21. The van der Waals surface area contributed by atoms with Gasteiger partial charge in [-0.3, -0.25) is 4.79 Å². The van der Waals surface area contributed by atoms with Crippen molar-refractivity contribution in [2.75, 3.05) is 0 Å². The molecule has 18 heavy (non-hydrogen) atoms. The van der Waals surface area contributed by atoms with Crippen LogP contribution in [0.15, 0.2) is 23.1 Å². The summed E-state index contributed by atoms with van der Waals surface area (Å²) in [4.78, 5) is 29.2. The fourth-order valence-electron chi connectivity index (χ4n) is 1.70. The van der Waals surface area contributed by atoms with Gasteiger partial charge in [0.25, 0.3) is 5.56 Å². The van der Waals surface area contributed by atoms with Gasteiger partial charge in [0.05, 0.1) is 0 Å². The fourth-order valence-corrected chi connectivity index (χ4v) is 1.70. The van der Waals surface area contributed by atoms with Gasteiger partial charge in [0.1, 0.15) is 5.82 Å². The van der Waals surface area contributed by atoms with E-state index in [1.165, 1.54) is 23.0 Å². The first-order valence-corrected chi connectivity index (χ1v) is 5.54. The van der Waals surface area contributed by atoms with Crippen molar-refractivity contribution in [3.8, 4) is 5.82 Å². The summed E-state index contributed by atoms with van der Waals surface area (Å²) >= 11 is 0. The molecule has 0 spiro atoms. The zero-order valence-electron chi connectivity index (χ0n) is 9.33. The van der Waals surface area contributed by atoms with E-state index < -0.39 is 5.97 Å². The molecule has 7 nitrogen and oxygen atoms in total. The third-order valence-electron chi connectivity index (χ3n) is 2.75. The van der Waals surface area contributed by atoms with Crippen LogP contribution in [0.4, 0.5) is 0 Å². The zero-order chi connectivity index (χ0) is 12.7. The number of rotatable bonds is 3. The van der Waals surface area contributed by atoms with Gasteiger partial charge in [0, 0.05) is 18.2 Å². The maximum atomic E-state index is 11.5. The van der Waals surface area contributed by atoms with Gasteiger partial charge >= 0.3 is 5.97 Å². The first-order chi connectivity index (χ1) is 8.63. The minimum atomic E-state index is -1.11. The number of carboxylic acids is 1. The van der Waals surface area contributed by atoms with Crippen molar-refractivity contribution in [1.29, 1.82) is 0 Å². The lowest BCUT2D eigenvalue weighted by atomic mass is 10.4. The van der Waals surface area contributed by atoms with Crippen LogP contribution in [0.25, 0.3) is 5.82 Å². The highest BCUT2D eigenvalue weighted by atomic mass is 16.4. The summed E-state index contributed by atoms with van der Waals surface area (Å²) in [5.74, 6) is 0.186. The number of aromatic carboxylic acids is 1. The van der Waals surface area contributed by atoms with Crippen LogP contribution in [0.5, 0.6) is 0 Å². The van der Waals surface area contributed by atoms with Gasteiger partial charge in [-0.1, -0.05) is 0 Å². The number of carbonyl (C=O) groups is 1. The number of hydrogen-bond donors (Lipinski definition) is 2. The highest BCUT2D eigenvalue weighted by Gasteiger charge is 2.26. The Labute approximate surface area is 101 Å². The van der Waals surface area contributed by atoms with Gasteiger partial charge in [0.2, 0.25) is 0 Å². The molecule has 0 radical (unpaired) electrons. The quantitative estimate of drug-likeness (QED) is 0.822. The second kappa shape index (κ2) is 3.80. The maximum Gasteiger partial charge on any atom is 0.356 e. The number of aromatic nitrogens is 4. The van der Waals surface area contributed by atoms with E-state index >= 15 is 0 Å². The molecule has 0 aliphatic heterocycles. The average molecular weight is 246 g/mol. The monoisotopic (exact) mass is 246 g/mol. The van der Waals surface area contributed by atoms with E-state index in [0.717, 1.165) is 12.8 Å².